The number of aromatic nitrogens is 2. The van der Waals surface area contributed by atoms with E-state index in [1.54, 1.807) is 6.20 Å². The Kier molecular flexibility index (Phi) is 3.31. The lowest BCUT2D eigenvalue weighted by atomic mass is 10.4. The molecule has 12 heavy (non-hydrogen) atoms. The van der Waals surface area contributed by atoms with Crippen LogP contribution in [0.3, 0.4) is 0 Å². The number of rotatable bonds is 3. The SMILES string of the molecule is Cc1cnn(SCCO)c(=O)c1. The molecule has 0 aliphatic heterocycles. The molecule has 0 fully saturated rings. The second-order valence-corrected chi connectivity index (χ2v) is 3.31. The summed E-state index contributed by atoms with van der Waals surface area (Å²) in [7, 11) is 0. The van der Waals surface area contributed by atoms with Crippen LogP contribution < -0.4 is 5.56 Å². The van der Waals surface area contributed by atoms with Crippen molar-refractivity contribution in [1.29, 1.82) is 0 Å². The zero-order valence-corrected chi connectivity index (χ0v) is 7.54. The van der Waals surface area contributed by atoms with Gasteiger partial charge in [0, 0.05) is 11.8 Å². The fourth-order valence-corrected chi connectivity index (χ4v) is 1.26. The smallest absolute Gasteiger partial charge is 0.277 e. The minimum absolute atomic E-state index is 0.0483. The summed E-state index contributed by atoms with van der Waals surface area (Å²) in [5, 5.41) is 12.4. The third-order valence-electron chi connectivity index (χ3n) is 1.21. The van der Waals surface area contributed by atoms with Crippen LogP contribution in [0.15, 0.2) is 17.1 Å². The first-order chi connectivity index (χ1) is 5.74. The molecule has 0 bridgehead atoms. The maximum absolute atomic E-state index is 11.1. The van der Waals surface area contributed by atoms with Crippen molar-refractivity contribution in [3.63, 3.8) is 0 Å². The van der Waals surface area contributed by atoms with E-state index >= 15 is 0 Å². The minimum Gasteiger partial charge on any atom is -0.395 e. The normalized spacial score (nSPS) is 10.2. The molecule has 0 atom stereocenters. The molecule has 1 rings (SSSR count). The van der Waals surface area contributed by atoms with Crippen molar-refractivity contribution in [1.82, 2.24) is 9.19 Å². The Labute approximate surface area is 74.4 Å². The topological polar surface area (TPSA) is 55.1 Å². The maximum atomic E-state index is 11.1. The molecular weight excluding hydrogens is 176 g/mol. The Hall–Kier alpha value is -0.810. The summed E-state index contributed by atoms with van der Waals surface area (Å²) in [5.74, 6) is 0.482. The molecular formula is C7H10N2O2S. The maximum Gasteiger partial charge on any atom is 0.277 e. The number of aryl methyl sites for hydroxylation is 1. The van der Waals surface area contributed by atoms with Crippen molar-refractivity contribution < 1.29 is 5.11 Å². The number of aliphatic hydroxyl groups is 1. The Morgan fingerprint density at radius 2 is 2.50 bits per heavy atom. The van der Waals surface area contributed by atoms with E-state index < -0.39 is 0 Å². The van der Waals surface area contributed by atoms with Crippen LogP contribution in [0.1, 0.15) is 5.56 Å². The quantitative estimate of drug-likeness (QED) is 0.724. The van der Waals surface area contributed by atoms with Crippen molar-refractivity contribution in [3.05, 3.63) is 28.2 Å². The Bertz CT molecular complexity index is 311. The van der Waals surface area contributed by atoms with Crippen LogP contribution >= 0.6 is 11.9 Å². The molecule has 0 unspecified atom stereocenters. The molecule has 1 N–H and O–H groups in total. The summed E-state index contributed by atoms with van der Waals surface area (Å²) >= 11 is 1.20. The van der Waals surface area contributed by atoms with E-state index in [9.17, 15) is 4.79 Å². The first-order valence-corrected chi connectivity index (χ1v) is 4.48. The zero-order valence-electron chi connectivity index (χ0n) is 6.73. The summed E-state index contributed by atoms with van der Waals surface area (Å²) < 4.78 is 1.27. The zero-order chi connectivity index (χ0) is 8.97. The summed E-state index contributed by atoms with van der Waals surface area (Å²) in [6.45, 7) is 1.86. The number of hydrogen-bond acceptors (Lipinski definition) is 4. The van der Waals surface area contributed by atoms with E-state index in [-0.39, 0.29) is 12.2 Å². The van der Waals surface area contributed by atoms with Gasteiger partial charge < -0.3 is 5.11 Å². The van der Waals surface area contributed by atoms with Crippen LogP contribution in [-0.4, -0.2) is 26.7 Å². The van der Waals surface area contributed by atoms with Crippen LogP contribution in [-0.2, 0) is 0 Å². The van der Waals surface area contributed by atoms with Crippen molar-refractivity contribution in [2.24, 2.45) is 0 Å². The average molecular weight is 186 g/mol. The molecule has 1 aromatic heterocycles. The van der Waals surface area contributed by atoms with Crippen molar-refractivity contribution in [3.8, 4) is 0 Å². The highest BCUT2D eigenvalue weighted by atomic mass is 32.2. The summed E-state index contributed by atoms with van der Waals surface area (Å²) in [6, 6.07) is 1.51. The molecule has 0 aliphatic carbocycles. The predicted octanol–water partition coefficient (Wildman–Crippen LogP) is 0.0403. The minimum atomic E-state index is -0.145. The molecule has 0 aliphatic rings. The highest BCUT2D eigenvalue weighted by Gasteiger charge is 1.96. The molecule has 1 heterocycles. The first kappa shape index (κ1) is 9.28. The van der Waals surface area contributed by atoms with E-state index in [1.807, 2.05) is 6.92 Å². The average Bonchev–Trinajstić information content (AvgIpc) is 2.03. The largest absolute Gasteiger partial charge is 0.395 e. The van der Waals surface area contributed by atoms with Gasteiger partial charge in [0.05, 0.1) is 12.8 Å². The Balaban J connectivity index is 2.80. The summed E-state index contributed by atoms with van der Waals surface area (Å²) in [6.07, 6.45) is 1.62. The molecule has 0 saturated heterocycles. The van der Waals surface area contributed by atoms with Crippen LogP contribution in [0.25, 0.3) is 0 Å². The predicted molar refractivity (Wildman–Crippen MR) is 48.2 cm³/mol. The van der Waals surface area contributed by atoms with E-state index in [0.717, 1.165) is 5.56 Å². The standard InChI is InChI=1S/C7H10N2O2S/c1-6-4-7(11)9(8-5-6)12-3-2-10/h4-5,10H,2-3H2,1H3. The van der Waals surface area contributed by atoms with Crippen LogP contribution in [0.4, 0.5) is 0 Å². The summed E-state index contributed by atoms with van der Waals surface area (Å²) in [5.41, 5.74) is 0.703. The molecule has 5 heteroatoms. The van der Waals surface area contributed by atoms with Gasteiger partial charge in [-0.15, -0.1) is 0 Å². The lowest BCUT2D eigenvalue weighted by Crippen LogP contribution is -2.17. The molecule has 0 aromatic carbocycles. The lowest BCUT2D eigenvalue weighted by Gasteiger charge is -2.00. The van der Waals surface area contributed by atoms with Gasteiger partial charge in [-0.3, -0.25) is 4.79 Å². The van der Waals surface area contributed by atoms with E-state index in [1.165, 1.54) is 22.1 Å². The highest BCUT2D eigenvalue weighted by molar-refractivity contribution is 7.97. The van der Waals surface area contributed by atoms with Crippen LogP contribution in [0.2, 0.25) is 0 Å². The Morgan fingerprint density at radius 1 is 1.75 bits per heavy atom. The Morgan fingerprint density at radius 3 is 3.08 bits per heavy atom. The fourth-order valence-electron chi connectivity index (χ4n) is 0.712. The molecule has 0 amide bonds. The fraction of sp³-hybridized carbons (Fsp3) is 0.429. The highest BCUT2D eigenvalue weighted by Crippen LogP contribution is 1.98. The number of aliphatic hydroxyl groups excluding tert-OH is 1. The van der Waals surface area contributed by atoms with E-state index in [4.69, 9.17) is 5.11 Å². The van der Waals surface area contributed by atoms with Crippen molar-refractivity contribution >= 4 is 11.9 Å². The van der Waals surface area contributed by atoms with Gasteiger partial charge in [-0.25, -0.2) is 0 Å². The molecule has 66 valence electrons. The van der Waals surface area contributed by atoms with Crippen molar-refractivity contribution in [2.45, 2.75) is 6.92 Å². The molecule has 0 saturated carbocycles. The van der Waals surface area contributed by atoms with Crippen LogP contribution in [0, 0.1) is 6.92 Å². The van der Waals surface area contributed by atoms with Crippen LogP contribution in [0.5, 0.6) is 0 Å². The monoisotopic (exact) mass is 186 g/mol. The molecule has 4 nitrogen and oxygen atoms in total. The molecule has 0 radical (unpaired) electrons. The van der Waals surface area contributed by atoms with Gasteiger partial charge in [-0.1, -0.05) is 0 Å². The molecule has 0 spiro atoms. The van der Waals surface area contributed by atoms with Gasteiger partial charge in [0.2, 0.25) is 0 Å². The van der Waals surface area contributed by atoms with Gasteiger partial charge in [0.25, 0.3) is 5.56 Å². The van der Waals surface area contributed by atoms with Crippen molar-refractivity contribution in [2.75, 3.05) is 12.4 Å². The lowest BCUT2D eigenvalue weighted by molar-refractivity contribution is 0.322. The van der Waals surface area contributed by atoms with E-state index in [0.29, 0.717) is 5.75 Å². The second kappa shape index (κ2) is 4.27. The first-order valence-electron chi connectivity index (χ1n) is 3.54. The third-order valence-corrected chi connectivity index (χ3v) is 2.09. The van der Waals surface area contributed by atoms with Gasteiger partial charge in [0.1, 0.15) is 0 Å². The number of nitrogens with zero attached hydrogens (tertiary/aromatic N) is 2. The third kappa shape index (κ3) is 2.35. The summed E-state index contributed by atoms with van der Waals surface area (Å²) in [4.78, 5) is 11.1. The van der Waals surface area contributed by atoms with Gasteiger partial charge >= 0.3 is 0 Å². The van der Waals surface area contributed by atoms with Gasteiger partial charge in [0.15, 0.2) is 0 Å². The molecule has 1 aromatic rings. The van der Waals surface area contributed by atoms with Gasteiger partial charge in [-0.05, 0) is 24.4 Å². The van der Waals surface area contributed by atoms with Gasteiger partial charge in [-0.2, -0.15) is 9.19 Å². The second-order valence-electron chi connectivity index (χ2n) is 2.30. The number of hydrogen-bond donors (Lipinski definition) is 1. The van der Waals surface area contributed by atoms with E-state index in [2.05, 4.69) is 5.10 Å².